The van der Waals surface area contributed by atoms with Gasteiger partial charge in [0.15, 0.2) is 0 Å². The van der Waals surface area contributed by atoms with Crippen LogP contribution < -0.4 is 4.74 Å². The highest BCUT2D eigenvalue weighted by molar-refractivity contribution is 5.88. The maximum atomic E-state index is 5.82. The van der Waals surface area contributed by atoms with Crippen LogP contribution >= 0.6 is 0 Å². The lowest BCUT2D eigenvalue weighted by Crippen LogP contribution is -1.97. The summed E-state index contributed by atoms with van der Waals surface area (Å²) in [6.45, 7) is 10.4. The molecule has 1 nitrogen and oxygen atoms in total. The van der Waals surface area contributed by atoms with Gasteiger partial charge in [-0.25, -0.2) is 0 Å². The Kier molecular flexibility index (Phi) is 8.01. The summed E-state index contributed by atoms with van der Waals surface area (Å²) in [5.41, 5.74) is 3.84. The molecule has 0 heterocycles. The SMILES string of the molecule is C=C=C(C)C.CCCCCOc1cccc2ccccc12. The highest BCUT2D eigenvalue weighted by Crippen LogP contribution is 2.25. The van der Waals surface area contributed by atoms with Gasteiger partial charge in [-0.15, -0.1) is 5.73 Å². The molecular weight excluding hydrogens is 256 g/mol. The van der Waals surface area contributed by atoms with Gasteiger partial charge in [0.1, 0.15) is 5.75 Å². The lowest BCUT2D eigenvalue weighted by Gasteiger charge is -2.08. The summed E-state index contributed by atoms with van der Waals surface area (Å²) in [5, 5.41) is 2.46. The number of allylic oxidation sites excluding steroid dienone is 1. The normalized spacial score (nSPS) is 9.48. The van der Waals surface area contributed by atoms with Gasteiger partial charge in [-0.3, -0.25) is 0 Å². The monoisotopic (exact) mass is 282 g/mol. The van der Waals surface area contributed by atoms with Crippen LogP contribution in [-0.4, -0.2) is 6.61 Å². The Balaban J connectivity index is 0.000000383. The van der Waals surface area contributed by atoms with Crippen molar-refractivity contribution in [2.24, 2.45) is 0 Å². The predicted octanol–water partition coefficient (Wildman–Crippen LogP) is 6.15. The van der Waals surface area contributed by atoms with Gasteiger partial charge in [0.25, 0.3) is 0 Å². The standard InChI is InChI=1S/C15H18O.C5H8/c1-2-3-6-12-16-15-11-7-9-13-8-4-5-10-14(13)15;1-4-5(2)3/h4-5,7-11H,2-3,6,12H2,1H3;1H2,2-3H3. The van der Waals surface area contributed by atoms with Crippen LogP contribution in [-0.2, 0) is 0 Å². The number of hydrogen-bond donors (Lipinski definition) is 0. The Morgan fingerprint density at radius 1 is 1.05 bits per heavy atom. The first-order chi connectivity index (χ1) is 10.2. The molecule has 0 aliphatic heterocycles. The van der Waals surface area contributed by atoms with Crippen LogP contribution in [0.2, 0.25) is 0 Å². The number of hydrogen-bond acceptors (Lipinski definition) is 1. The van der Waals surface area contributed by atoms with Gasteiger partial charge < -0.3 is 4.74 Å². The van der Waals surface area contributed by atoms with Crippen LogP contribution in [0.5, 0.6) is 5.75 Å². The second-order valence-electron chi connectivity index (χ2n) is 5.21. The van der Waals surface area contributed by atoms with E-state index in [1.807, 2.05) is 19.9 Å². The number of unbranched alkanes of at least 4 members (excludes halogenated alkanes) is 2. The topological polar surface area (TPSA) is 9.23 Å². The molecule has 0 unspecified atom stereocenters. The van der Waals surface area contributed by atoms with Gasteiger partial charge in [0.2, 0.25) is 0 Å². The highest BCUT2D eigenvalue weighted by atomic mass is 16.5. The van der Waals surface area contributed by atoms with Crippen molar-refractivity contribution in [3.63, 3.8) is 0 Å². The Bertz CT molecular complexity index is 582. The van der Waals surface area contributed by atoms with Crippen molar-refractivity contribution in [1.29, 1.82) is 0 Å². The van der Waals surface area contributed by atoms with Crippen molar-refractivity contribution in [1.82, 2.24) is 0 Å². The quantitative estimate of drug-likeness (QED) is 0.472. The first kappa shape index (κ1) is 17.1. The molecule has 0 saturated heterocycles. The van der Waals surface area contributed by atoms with Crippen LogP contribution in [0.25, 0.3) is 10.8 Å². The highest BCUT2D eigenvalue weighted by Gasteiger charge is 2.00. The molecule has 2 aromatic carbocycles. The molecule has 0 N–H and O–H groups in total. The summed E-state index contributed by atoms with van der Waals surface area (Å²) < 4.78 is 5.82. The molecule has 2 rings (SSSR count). The summed E-state index contributed by atoms with van der Waals surface area (Å²) in [4.78, 5) is 0. The third-order valence-corrected chi connectivity index (χ3v) is 3.11. The van der Waals surface area contributed by atoms with Gasteiger partial charge in [0.05, 0.1) is 6.61 Å². The molecular formula is C20H26O. The summed E-state index contributed by atoms with van der Waals surface area (Å²) in [6, 6.07) is 14.6. The number of rotatable bonds is 5. The molecule has 0 saturated carbocycles. The minimum absolute atomic E-state index is 0.821. The zero-order chi connectivity index (χ0) is 15.5. The van der Waals surface area contributed by atoms with Gasteiger partial charge in [-0.2, -0.15) is 0 Å². The van der Waals surface area contributed by atoms with Crippen molar-refractivity contribution in [3.05, 3.63) is 60.3 Å². The van der Waals surface area contributed by atoms with Gasteiger partial charge in [0, 0.05) is 5.39 Å². The third kappa shape index (κ3) is 6.33. The van der Waals surface area contributed by atoms with Crippen LogP contribution in [0, 0.1) is 0 Å². The minimum Gasteiger partial charge on any atom is -0.493 e. The zero-order valence-electron chi connectivity index (χ0n) is 13.5. The molecule has 0 amide bonds. The zero-order valence-corrected chi connectivity index (χ0v) is 13.5. The Morgan fingerprint density at radius 2 is 1.71 bits per heavy atom. The average molecular weight is 282 g/mol. The first-order valence-electron chi connectivity index (χ1n) is 7.62. The second-order valence-corrected chi connectivity index (χ2v) is 5.21. The third-order valence-electron chi connectivity index (χ3n) is 3.11. The molecule has 112 valence electrons. The molecule has 0 aliphatic rings. The Labute approximate surface area is 129 Å². The first-order valence-corrected chi connectivity index (χ1v) is 7.62. The van der Waals surface area contributed by atoms with Crippen LogP contribution in [0.1, 0.15) is 40.0 Å². The summed E-state index contributed by atoms with van der Waals surface area (Å²) in [6.07, 6.45) is 3.61. The molecule has 0 radical (unpaired) electrons. The van der Waals surface area contributed by atoms with E-state index in [1.165, 1.54) is 23.6 Å². The van der Waals surface area contributed by atoms with Gasteiger partial charge in [-0.05, 0) is 37.3 Å². The van der Waals surface area contributed by atoms with Crippen molar-refractivity contribution in [3.8, 4) is 5.75 Å². The molecule has 0 spiro atoms. The average Bonchev–Trinajstić information content (AvgIpc) is 2.52. The smallest absolute Gasteiger partial charge is 0.127 e. The number of benzene rings is 2. The summed E-state index contributed by atoms with van der Waals surface area (Å²) in [5.74, 6) is 1.01. The van der Waals surface area contributed by atoms with E-state index in [1.54, 1.807) is 0 Å². The van der Waals surface area contributed by atoms with Crippen molar-refractivity contribution >= 4 is 10.8 Å². The fraction of sp³-hybridized carbons (Fsp3) is 0.350. The molecule has 21 heavy (non-hydrogen) atoms. The van der Waals surface area contributed by atoms with E-state index in [2.05, 4.69) is 55.6 Å². The predicted molar refractivity (Wildman–Crippen MR) is 93.0 cm³/mol. The van der Waals surface area contributed by atoms with E-state index >= 15 is 0 Å². The maximum Gasteiger partial charge on any atom is 0.127 e. The summed E-state index contributed by atoms with van der Waals surface area (Å²) in [7, 11) is 0. The molecule has 2 aromatic rings. The molecule has 0 bridgehead atoms. The van der Waals surface area contributed by atoms with E-state index in [0.717, 1.165) is 24.4 Å². The number of ether oxygens (including phenoxy) is 1. The fourth-order valence-corrected chi connectivity index (χ4v) is 1.86. The Hall–Kier alpha value is -1.98. The number of fused-ring (bicyclic) bond motifs is 1. The van der Waals surface area contributed by atoms with Crippen molar-refractivity contribution < 1.29 is 4.74 Å². The van der Waals surface area contributed by atoms with Gasteiger partial charge in [-0.1, -0.05) is 62.7 Å². The molecule has 0 atom stereocenters. The Morgan fingerprint density at radius 3 is 2.38 bits per heavy atom. The molecule has 0 fully saturated rings. The maximum absolute atomic E-state index is 5.82. The van der Waals surface area contributed by atoms with Crippen LogP contribution in [0.3, 0.4) is 0 Å². The van der Waals surface area contributed by atoms with E-state index in [4.69, 9.17) is 4.74 Å². The fourth-order valence-electron chi connectivity index (χ4n) is 1.86. The second kappa shape index (κ2) is 9.85. The minimum atomic E-state index is 0.821. The van der Waals surface area contributed by atoms with E-state index in [9.17, 15) is 0 Å². The lowest BCUT2D eigenvalue weighted by molar-refractivity contribution is 0.310. The largest absolute Gasteiger partial charge is 0.493 e. The van der Waals surface area contributed by atoms with E-state index in [0.29, 0.717) is 0 Å². The van der Waals surface area contributed by atoms with Crippen LogP contribution in [0.15, 0.2) is 60.3 Å². The van der Waals surface area contributed by atoms with Crippen LogP contribution in [0.4, 0.5) is 0 Å². The lowest BCUT2D eigenvalue weighted by atomic mass is 10.1. The van der Waals surface area contributed by atoms with Crippen molar-refractivity contribution in [2.45, 2.75) is 40.0 Å². The van der Waals surface area contributed by atoms with Gasteiger partial charge >= 0.3 is 0 Å². The molecule has 0 aliphatic carbocycles. The summed E-state index contributed by atoms with van der Waals surface area (Å²) >= 11 is 0. The molecule has 1 heteroatoms. The molecule has 0 aromatic heterocycles. The van der Waals surface area contributed by atoms with E-state index in [-0.39, 0.29) is 0 Å². The van der Waals surface area contributed by atoms with Crippen molar-refractivity contribution in [2.75, 3.05) is 6.61 Å². The van der Waals surface area contributed by atoms with E-state index < -0.39 is 0 Å².